The number of carbonyl (C=O) groups is 2. The van der Waals surface area contributed by atoms with Gasteiger partial charge in [-0.25, -0.2) is 0 Å². The first-order valence-electron chi connectivity index (χ1n) is 7.09. The highest BCUT2D eigenvalue weighted by atomic mass is 16.5. The molecular formula is C16H20O4. The average molecular weight is 276 g/mol. The number of hydrogen-bond acceptors (Lipinski definition) is 3. The Hall–Kier alpha value is -1.84. The van der Waals surface area contributed by atoms with Gasteiger partial charge in [-0.1, -0.05) is 43.2 Å². The van der Waals surface area contributed by atoms with Gasteiger partial charge in [0.1, 0.15) is 6.61 Å². The minimum absolute atomic E-state index is 0.127. The first-order chi connectivity index (χ1) is 9.66. The van der Waals surface area contributed by atoms with E-state index in [0.717, 1.165) is 31.2 Å². The van der Waals surface area contributed by atoms with Crippen molar-refractivity contribution in [3.8, 4) is 0 Å². The summed E-state index contributed by atoms with van der Waals surface area (Å²) in [6, 6.07) is 9.44. The van der Waals surface area contributed by atoms with Gasteiger partial charge in [-0.3, -0.25) is 9.59 Å². The van der Waals surface area contributed by atoms with Crippen molar-refractivity contribution in [3.05, 3.63) is 35.9 Å². The fourth-order valence-corrected chi connectivity index (χ4v) is 2.83. The van der Waals surface area contributed by atoms with Crippen LogP contribution in [0.4, 0.5) is 0 Å². The molecule has 20 heavy (non-hydrogen) atoms. The third-order valence-electron chi connectivity index (χ3n) is 3.89. The van der Waals surface area contributed by atoms with E-state index in [1.54, 1.807) is 0 Å². The van der Waals surface area contributed by atoms with E-state index in [9.17, 15) is 9.59 Å². The average Bonchev–Trinajstić information content (AvgIpc) is 2.97. The summed E-state index contributed by atoms with van der Waals surface area (Å²) in [4.78, 5) is 23.1. The zero-order chi connectivity index (χ0) is 14.4. The molecule has 1 N–H and O–H groups in total. The Labute approximate surface area is 118 Å². The van der Waals surface area contributed by atoms with Crippen molar-refractivity contribution in [1.29, 1.82) is 0 Å². The molecule has 2 rings (SSSR count). The van der Waals surface area contributed by atoms with Gasteiger partial charge in [-0.2, -0.15) is 0 Å². The molecule has 0 aliphatic heterocycles. The molecule has 0 spiro atoms. The van der Waals surface area contributed by atoms with Crippen molar-refractivity contribution in [3.63, 3.8) is 0 Å². The van der Waals surface area contributed by atoms with E-state index in [0.29, 0.717) is 0 Å². The fourth-order valence-electron chi connectivity index (χ4n) is 2.83. The number of hydrogen-bond donors (Lipinski definition) is 1. The zero-order valence-corrected chi connectivity index (χ0v) is 11.5. The van der Waals surface area contributed by atoms with E-state index >= 15 is 0 Å². The molecule has 1 aromatic carbocycles. The largest absolute Gasteiger partial charge is 0.481 e. The number of carboxylic acid groups (broad SMARTS) is 1. The smallest absolute Gasteiger partial charge is 0.310 e. The number of esters is 1. The summed E-state index contributed by atoms with van der Waals surface area (Å²) in [6.07, 6.45) is 3.88. The highest BCUT2D eigenvalue weighted by Gasteiger charge is 2.33. The maximum absolute atomic E-state index is 12.2. The van der Waals surface area contributed by atoms with Gasteiger partial charge in [0.15, 0.2) is 0 Å². The molecule has 1 aliphatic rings. The fraction of sp³-hybridized carbons (Fsp3) is 0.500. The van der Waals surface area contributed by atoms with Crippen LogP contribution in [0.2, 0.25) is 0 Å². The molecule has 1 atom stereocenters. The number of carbonyl (C=O) groups excluding carboxylic acids is 1. The van der Waals surface area contributed by atoms with Crippen LogP contribution in [0.5, 0.6) is 0 Å². The lowest BCUT2D eigenvalue weighted by atomic mass is 9.88. The minimum atomic E-state index is -0.932. The Bertz CT molecular complexity index is 449. The zero-order valence-electron chi connectivity index (χ0n) is 11.5. The van der Waals surface area contributed by atoms with Gasteiger partial charge in [0.2, 0.25) is 0 Å². The van der Waals surface area contributed by atoms with Gasteiger partial charge in [-0.15, -0.1) is 0 Å². The quantitative estimate of drug-likeness (QED) is 0.811. The molecule has 1 fully saturated rings. The van der Waals surface area contributed by atoms with Crippen LogP contribution in [-0.4, -0.2) is 17.0 Å². The van der Waals surface area contributed by atoms with Crippen molar-refractivity contribution < 1.29 is 19.4 Å². The normalized spacial score (nSPS) is 16.8. The number of ether oxygens (including phenoxy) is 1. The maximum atomic E-state index is 12.2. The van der Waals surface area contributed by atoms with Crippen LogP contribution in [0.25, 0.3) is 0 Å². The van der Waals surface area contributed by atoms with Gasteiger partial charge in [0.05, 0.1) is 12.3 Å². The Morgan fingerprint density at radius 1 is 1.20 bits per heavy atom. The van der Waals surface area contributed by atoms with E-state index in [1.807, 2.05) is 30.3 Å². The van der Waals surface area contributed by atoms with Crippen LogP contribution < -0.4 is 0 Å². The van der Waals surface area contributed by atoms with Crippen molar-refractivity contribution in [2.75, 3.05) is 0 Å². The lowest BCUT2D eigenvalue weighted by Crippen LogP contribution is -2.27. The van der Waals surface area contributed by atoms with Crippen LogP contribution in [-0.2, 0) is 20.9 Å². The Morgan fingerprint density at radius 3 is 2.45 bits per heavy atom. The van der Waals surface area contributed by atoms with Crippen molar-refractivity contribution in [2.24, 2.45) is 11.8 Å². The van der Waals surface area contributed by atoms with Gasteiger partial charge in [0, 0.05) is 0 Å². The van der Waals surface area contributed by atoms with Crippen LogP contribution in [0.15, 0.2) is 30.3 Å². The first-order valence-corrected chi connectivity index (χ1v) is 7.09. The van der Waals surface area contributed by atoms with Crippen LogP contribution >= 0.6 is 0 Å². The van der Waals surface area contributed by atoms with Crippen LogP contribution in [0.1, 0.15) is 37.7 Å². The molecular weight excluding hydrogens is 256 g/mol. The summed E-state index contributed by atoms with van der Waals surface area (Å²) < 4.78 is 5.30. The highest BCUT2D eigenvalue weighted by Crippen LogP contribution is 2.34. The van der Waals surface area contributed by atoms with Gasteiger partial charge >= 0.3 is 11.9 Å². The summed E-state index contributed by atoms with van der Waals surface area (Å²) in [5.41, 5.74) is 0.918. The second-order valence-electron chi connectivity index (χ2n) is 5.34. The molecule has 0 aromatic heterocycles. The lowest BCUT2D eigenvalue weighted by molar-refractivity contribution is -0.156. The third-order valence-corrected chi connectivity index (χ3v) is 3.89. The number of rotatable bonds is 6. The molecule has 0 radical (unpaired) electrons. The molecule has 1 aromatic rings. The van der Waals surface area contributed by atoms with E-state index in [4.69, 9.17) is 9.84 Å². The Kier molecular flexibility index (Phi) is 5.16. The summed E-state index contributed by atoms with van der Waals surface area (Å²) >= 11 is 0. The Balaban J connectivity index is 1.93. The number of carboxylic acids is 1. The summed E-state index contributed by atoms with van der Waals surface area (Å²) in [5.74, 6) is -1.64. The third kappa shape index (κ3) is 4.08. The molecule has 4 heteroatoms. The molecule has 108 valence electrons. The molecule has 0 amide bonds. The first kappa shape index (κ1) is 14.6. The van der Waals surface area contributed by atoms with E-state index in [1.165, 1.54) is 0 Å². The molecule has 0 heterocycles. The second kappa shape index (κ2) is 7.08. The molecule has 1 unspecified atom stereocenters. The van der Waals surface area contributed by atoms with Crippen LogP contribution in [0, 0.1) is 11.8 Å². The van der Waals surface area contributed by atoms with Crippen molar-refractivity contribution in [1.82, 2.24) is 0 Å². The molecule has 0 saturated heterocycles. The summed E-state index contributed by atoms with van der Waals surface area (Å²) in [5, 5.41) is 8.97. The molecule has 1 saturated carbocycles. The number of benzene rings is 1. The molecule has 4 nitrogen and oxygen atoms in total. The highest BCUT2D eigenvalue weighted by molar-refractivity contribution is 5.79. The van der Waals surface area contributed by atoms with E-state index in [-0.39, 0.29) is 24.9 Å². The van der Waals surface area contributed by atoms with Gasteiger partial charge in [-0.05, 0) is 24.3 Å². The summed E-state index contributed by atoms with van der Waals surface area (Å²) in [7, 11) is 0. The maximum Gasteiger partial charge on any atom is 0.310 e. The SMILES string of the molecule is O=C(O)CC(C(=O)OCc1ccccc1)C1CCCC1. The Morgan fingerprint density at radius 2 is 1.85 bits per heavy atom. The van der Waals surface area contributed by atoms with Gasteiger partial charge < -0.3 is 9.84 Å². The van der Waals surface area contributed by atoms with Gasteiger partial charge in [0.25, 0.3) is 0 Å². The standard InChI is InChI=1S/C16H20O4/c17-15(18)10-14(13-8-4-5-9-13)16(19)20-11-12-6-2-1-3-7-12/h1-3,6-7,13-14H,4-5,8-11H2,(H,17,18). The van der Waals surface area contributed by atoms with E-state index < -0.39 is 11.9 Å². The van der Waals surface area contributed by atoms with E-state index in [2.05, 4.69) is 0 Å². The van der Waals surface area contributed by atoms with Crippen LogP contribution in [0.3, 0.4) is 0 Å². The van der Waals surface area contributed by atoms with Crippen molar-refractivity contribution >= 4 is 11.9 Å². The van der Waals surface area contributed by atoms with Crippen molar-refractivity contribution in [2.45, 2.75) is 38.7 Å². The minimum Gasteiger partial charge on any atom is -0.481 e. The predicted molar refractivity (Wildman–Crippen MR) is 73.9 cm³/mol. The summed E-state index contributed by atoms with van der Waals surface area (Å²) in [6.45, 7) is 0.211. The lowest BCUT2D eigenvalue weighted by Gasteiger charge is -2.20. The predicted octanol–water partition coefficient (Wildman–Crippen LogP) is 3.01. The topological polar surface area (TPSA) is 63.6 Å². The monoisotopic (exact) mass is 276 g/mol. The molecule has 1 aliphatic carbocycles. The second-order valence-corrected chi connectivity index (χ2v) is 5.34. The molecule has 0 bridgehead atoms. The number of aliphatic carboxylic acids is 1.